The minimum Gasteiger partial charge on any atom is -0.490 e. The minimum absolute atomic E-state index is 0.0825. The maximum atomic E-state index is 12.4. The number of nitrogen functional groups attached to an aromatic ring is 1. The van der Waals surface area contributed by atoms with E-state index in [1.165, 1.54) is 0 Å². The zero-order chi connectivity index (χ0) is 21.8. The highest BCUT2D eigenvalue weighted by atomic mass is 16.5. The molecule has 1 aliphatic rings. The van der Waals surface area contributed by atoms with E-state index in [1.807, 2.05) is 36.4 Å². The van der Waals surface area contributed by atoms with E-state index in [4.69, 9.17) is 15.2 Å². The van der Waals surface area contributed by atoms with Crippen molar-refractivity contribution in [2.24, 2.45) is 0 Å². The predicted molar refractivity (Wildman–Crippen MR) is 121 cm³/mol. The summed E-state index contributed by atoms with van der Waals surface area (Å²) < 4.78 is 11.5. The second kappa shape index (κ2) is 9.20. The van der Waals surface area contributed by atoms with E-state index in [2.05, 4.69) is 15.3 Å². The summed E-state index contributed by atoms with van der Waals surface area (Å²) >= 11 is 0. The predicted octanol–water partition coefficient (Wildman–Crippen LogP) is 4.50. The number of hydrogen-bond acceptors (Lipinski definition) is 7. The number of nitrogens with zero attached hydrogens (tertiary/aromatic N) is 2. The van der Waals surface area contributed by atoms with Gasteiger partial charge in [-0.3, -0.25) is 4.98 Å². The summed E-state index contributed by atoms with van der Waals surface area (Å²) in [6.07, 6.45) is 5.71. The Bertz CT molecular complexity index is 1060. The van der Waals surface area contributed by atoms with E-state index >= 15 is 0 Å². The molecule has 162 valence electrons. The number of nitrogens with two attached hydrogens (primary N) is 1. The van der Waals surface area contributed by atoms with Crippen molar-refractivity contribution in [3.63, 3.8) is 0 Å². The van der Waals surface area contributed by atoms with Gasteiger partial charge >= 0.3 is 5.97 Å². The number of esters is 1. The van der Waals surface area contributed by atoms with Gasteiger partial charge in [-0.25, -0.2) is 9.78 Å². The van der Waals surface area contributed by atoms with Crippen LogP contribution in [-0.2, 0) is 4.74 Å². The van der Waals surface area contributed by atoms with Gasteiger partial charge in [0, 0.05) is 12.2 Å². The van der Waals surface area contributed by atoms with Crippen LogP contribution < -0.4 is 15.8 Å². The Hall–Kier alpha value is -3.35. The summed E-state index contributed by atoms with van der Waals surface area (Å²) in [5.41, 5.74) is 8.37. The summed E-state index contributed by atoms with van der Waals surface area (Å²) in [4.78, 5) is 21.3. The van der Waals surface area contributed by atoms with Crippen LogP contribution in [0.25, 0.3) is 10.9 Å². The number of pyridine rings is 2. The van der Waals surface area contributed by atoms with Crippen LogP contribution in [0.3, 0.4) is 0 Å². The monoisotopic (exact) mass is 420 g/mol. The number of nitrogens with one attached hydrogen (secondary N) is 1. The first kappa shape index (κ1) is 20.9. The van der Waals surface area contributed by atoms with Crippen molar-refractivity contribution in [1.29, 1.82) is 0 Å². The zero-order valence-electron chi connectivity index (χ0n) is 17.9. The molecule has 0 spiro atoms. The third kappa shape index (κ3) is 4.55. The number of aryl methyl sites for hydroxylation is 1. The molecule has 0 atom stereocenters. The fourth-order valence-corrected chi connectivity index (χ4v) is 4.16. The molecule has 7 nitrogen and oxygen atoms in total. The molecule has 0 saturated heterocycles. The number of anilines is 2. The number of benzene rings is 1. The maximum Gasteiger partial charge on any atom is 0.342 e. The first-order valence-corrected chi connectivity index (χ1v) is 10.8. The van der Waals surface area contributed by atoms with E-state index in [1.54, 1.807) is 20.0 Å². The third-order valence-corrected chi connectivity index (χ3v) is 5.66. The maximum absolute atomic E-state index is 12.4. The highest BCUT2D eigenvalue weighted by Gasteiger charge is 2.25. The number of aromatic nitrogens is 2. The van der Waals surface area contributed by atoms with Crippen LogP contribution in [0.1, 0.15) is 48.7 Å². The van der Waals surface area contributed by atoms with Crippen molar-refractivity contribution in [2.75, 3.05) is 17.7 Å². The van der Waals surface area contributed by atoms with Crippen LogP contribution in [0.4, 0.5) is 11.5 Å². The molecule has 1 aliphatic carbocycles. The number of carbonyl (C=O) groups excluding carboxylic acids is 1. The molecule has 1 saturated carbocycles. The quantitative estimate of drug-likeness (QED) is 0.566. The van der Waals surface area contributed by atoms with Crippen LogP contribution in [0.15, 0.2) is 42.6 Å². The third-order valence-electron chi connectivity index (χ3n) is 5.66. The molecule has 1 fully saturated rings. The second-order valence-corrected chi connectivity index (χ2v) is 7.81. The average Bonchev–Trinajstić information content (AvgIpc) is 2.76. The van der Waals surface area contributed by atoms with Gasteiger partial charge in [-0.1, -0.05) is 12.1 Å². The van der Waals surface area contributed by atoms with E-state index in [0.29, 0.717) is 39.6 Å². The molecule has 0 amide bonds. The zero-order valence-corrected chi connectivity index (χ0v) is 17.9. The lowest BCUT2D eigenvalue weighted by Crippen LogP contribution is -2.31. The molecule has 0 aliphatic heterocycles. The van der Waals surface area contributed by atoms with Crippen molar-refractivity contribution in [3.8, 4) is 5.75 Å². The van der Waals surface area contributed by atoms with Crippen LogP contribution >= 0.6 is 0 Å². The molecule has 7 heteroatoms. The lowest BCUT2D eigenvalue weighted by molar-refractivity contribution is 0.0526. The summed E-state index contributed by atoms with van der Waals surface area (Å²) in [6, 6.07) is 11.9. The number of hydrogen-bond donors (Lipinski definition) is 2. The molecule has 0 bridgehead atoms. The summed E-state index contributed by atoms with van der Waals surface area (Å²) in [7, 11) is 0. The van der Waals surface area contributed by atoms with Crippen molar-refractivity contribution in [2.45, 2.75) is 51.7 Å². The van der Waals surface area contributed by atoms with Gasteiger partial charge in [0.2, 0.25) is 0 Å². The number of fused-ring (bicyclic) bond motifs is 1. The largest absolute Gasteiger partial charge is 0.490 e. The van der Waals surface area contributed by atoms with Gasteiger partial charge in [0.1, 0.15) is 17.1 Å². The fraction of sp³-hybridized carbons (Fsp3) is 0.375. The van der Waals surface area contributed by atoms with Gasteiger partial charge in [0.25, 0.3) is 0 Å². The van der Waals surface area contributed by atoms with Gasteiger partial charge in [-0.05, 0) is 63.8 Å². The molecular formula is C24H28N4O3. The highest BCUT2D eigenvalue weighted by Crippen LogP contribution is 2.36. The lowest BCUT2D eigenvalue weighted by Gasteiger charge is -2.30. The molecule has 3 aromatic rings. The molecule has 3 N–H and O–H groups in total. The van der Waals surface area contributed by atoms with Gasteiger partial charge in [0.05, 0.1) is 35.0 Å². The van der Waals surface area contributed by atoms with Crippen LogP contribution in [0, 0.1) is 6.92 Å². The Kier molecular flexibility index (Phi) is 6.21. The first-order valence-electron chi connectivity index (χ1n) is 10.8. The Morgan fingerprint density at radius 1 is 1.16 bits per heavy atom. The molecule has 31 heavy (non-hydrogen) atoms. The minimum atomic E-state index is -0.456. The van der Waals surface area contributed by atoms with Gasteiger partial charge in [0.15, 0.2) is 0 Å². The Morgan fingerprint density at radius 2 is 1.97 bits per heavy atom. The molecule has 0 unspecified atom stereocenters. The van der Waals surface area contributed by atoms with Crippen molar-refractivity contribution >= 4 is 28.4 Å². The molecular weight excluding hydrogens is 392 g/mol. The summed E-state index contributed by atoms with van der Waals surface area (Å²) in [6.45, 7) is 3.82. The summed E-state index contributed by atoms with van der Waals surface area (Å²) in [5, 5.41) is 4.17. The topological polar surface area (TPSA) is 99.4 Å². The second-order valence-electron chi connectivity index (χ2n) is 7.81. The van der Waals surface area contributed by atoms with Crippen molar-refractivity contribution < 1.29 is 14.3 Å². The number of rotatable bonds is 6. The smallest absolute Gasteiger partial charge is 0.342 e. The molecule has 0 radical (unpaired) electrons. The van der Waals surface area contributed by atoms with Crippen LogP contribution in [0.2, 0.25) is 0 Å². The van der Waals surface area contributed by atoms with E-state index < -0.39 is 5.97 Å². The summed E-state index contributed by atoms with van der Waals surface area (Å²) in [5.74, 6) is 1.11. The Labute approximate surface area is 182 Å². The lowest BCUT2D eigenvalue weighted by atomic mass is 9.93. The standard InChI is InChI=1S/C24H28N4O3/c1-3-30-24(29)21-15(2)27-18-7-6-8-19(22(18)23(21)25)31-17-12-10-16(11-13-17)28-20-9-4-5-14-26-20/h4-9,14,16-17H,3,10-13H2,1-2H3,(H2,25,27)(H,26,28)/t16-,17-. The SMILES string of the molecule is CCOC(=O)c1c(C)nc2cccc(O[C@H]3CC[C@H](Nc4ccccn4)CC3)c2c1N. The van der Waals surface area contributed by atoms with E-state index in [9.17, 15) is 4.79 Å². The van der Waals surface area contributed by atoms with Crippen LogP contribution in [-0.4, -0.2) is 34.7 Å². The van der Waals surface area contributed by atoms with Gasteiger partial charge in [-0.2, -0.15) is 0 Å². The molecule has 4 rings (SSSR count). The average molecular weight is 421 g/mol. The molecule has 2 aromatic heterocycles. The molecule has 2 heterocycles. The highest BCUT2D eigenvalue weighted by molar-refractivity contribution is 6.07. The van der Waals surface area contributed by atoms with Gasteiger partial charge in [-0.15, -0.1) is 0 Å². The van der Waals surface area contributed by atoms with Crippen LogP contribution in [0.5, 0.6) is 5.75 Å². The van der Waals surface area contributed by atoms with Gasteiger partial charge < -0.3 is 20.5 Å². The van der Waals surface area contributed by atoms with Crippen molar-refractivity contribution in [3.05, 3.63) is 53.9 Å². The molecule has 1 aromatic carbocycles. The van der Waals surface area contributed by atoms with Crippen molar-refractivity contribution in [1.82, 2.24) is 9.97 Å². The normalized spacial score (nSPS) is 18.5. The fourth-order valence-electron chi connectivity index (χ4n) is 4.16. The Morgan fingerprint density at radius 3 is 2.68 bits per heavy atom. The number of carbonyl (C=O) groups is 1. The first-order chi connectivity index (χ1) is 15.1. The van der Waals surface area contributed by atoms with E-state index in [0.717, 1.165) is 31.5 Å². The Balaban J connectivity index is 1.51. The van der Waals surface area contributed by atoms with E-state index in [-0.39, 0.29) is 12.7 Å². The number of ether oxygens (including phenoxy) is 2.